The molecule has 0 fully saturated rings. The summed E-state index contributed by atoms with van der Waals surface area (Å²) < 4.78 is 0. The second kappa shape index (κ2) is 235. The molecule has 7 heavy (non-hydrogen) atoms. The van der Waals surface area contributed by atoms with E-state index in [0.29, 0.717) is 0 Å². The maximum absolute atomic E-state index is 0. The minimum atomic E-state index is 0. The molecule has 0 aromatic heterocycles. The Morgan fingerprint density at radius 1 is 0.714 bits per heavy atom. The van der Waals surface area contributed by atoms with Crippen molar-refractivity contribution in [3.05, 3.63) is 0 Å². The first kappa shape index (κ1) is 365. The minimum absolute atomic E-state index is 0. The van der Waals surface area contributed by atoms with Crippen LogP contribution >= 0.6 is 0 Å². The van der Waals surface area contributed by atoms with Gasteiger partial charge in [-0.2, -0.15) is 0 Å². The van der Waals surface area contributed by atoms with E-state index in [1.165, 1.54) is 0 Å². The van der Waals surface area contributed by atoms with E-state index in [1.807, 2.05) is 0 Å². The molecule has 0 heterocycles. The van der Waals surface area contributed by atoms with Gasteiger partial charge >= 0.3 is 39.1 Å². The Kier molecular flexibility index (Phi) is 12300. The first-order chi connectivity index (χ1) is 0. The van der Waals surface area contributed by atoms with E-state index >= 15 is 0 Å². The predicted octanol–water partition coefficient (Wildman–Crippen LogP) is -1.36. The molecule has 0 aromatic carbocycles. The molecular formula is H3CrO5Ti. The zero-order valence-corrected chi connectivity index (χ0v) is 5.92. The van der Waals surface area contributed by atoms with Gasteiger partial charge in [-0.1, -0.05) is 0 Å². The zero-order valence-electron chi connectivity index (χ0n) is 3.08. The average molecular weight is 183 g/mol. The predicted molar refractivity (Wildman–Crippen MR) is 7.61 cm³/mol. The monoisotopic (exact) mass is 183 g/mol. The van der Waals surface area contributed by atoms with E-state index in [9.17, 15) is 0 Å². The summed E-state index contributed by atoms with van der Waals surface area (Å²) in [4.78, 5) is 0. The van der Waals surface area contributed by atoms with Gasteiger partial charge in [-0.15, -0.1) is 0 Å². The van der Waals surface area contributed by atoms with Gasteiger partial charge in [0.1, 0.15) is 0 Å². The fourth-order valence-electron chi connectivity index (χ4n) is 0. The van der Waals surface area contributed by atoms with Gasteiger partial charge in [-0.3, -0.25) is 0 Å². The Balaban J connectivity index is 0. The first-order valence-corrected chi connectivity index (χ1v) is 0. The quantitative estimate of drug-likeness (QED) is 0.418. The molecule has 43 valence electrons. The van der Waals surface area contributed by atoms with Crippen LogP contribution in [-0.4, -0.2) is 11.0 Å². The van der Waals surface area contributed by atoms with Crippen LogP contribution in [0, 0.1) is 0 Å². The third kappa shape index (κ3) is 164. The van der Waals surface area contributed by atoms with Gasteiger partial charge in [0.2, 0.25) is 0 Å². The molecule has 0 amide bonds. The molecule has 0 rings (SSSR count). The van der Waals surface area contributed by atoms with Gasteiger partial charge < -0.3 is 27.4 Å². The molecule has 0 aromatic rings. The van der Waals surface area contributed by atoms with Crippen LogP contribution in [0.4, 0.5) is 0 Å². The molecule has 0 unspecified atom stereocenters. The van der Waals surface area contributed by atoms with Crippen molar-refractivity contribution >= 4 is 0 Å². The fraction of sp³-hybridized carbons (Fsp3) is 0. The van der Waals surface area contributed by atoms with Crippen molar-refractivity contribution in [2.75, 3.05) is 0 Å². The smallest absolute Gasteiger partial charge is 2.00 e. The van der Waals surface area contributed by atoms with Crippen molar-refractivity contribution in [1.29, 1.82) is 0 Å². The molecule has 0 spiro atoms. The number of hydrogen-bond donors (Lipinski definition) is 0. The van der Waals surface area contributed by atoms with E-state index in [4.69, 9.17) is 0 Å². The second-order valence-electron chi connectivity index (χ2n) is 0. The van der Waals surface area contributed by atoms with Crippen molar-refractivity contribution in [2.24, 2.45) is 0 Å². The van der Waals surface area contributed by atoms with E-state index in [0.717, 1.165) is 0 Å². The Labute approximate surface area is 66.7 Å². The van der Waals surface area contributed by atoms with Crippen molar-refractivity contribution in [1.82, 2.24) is 0 Å². The largest absolute Gasteiger partial charge is 4.00 e. The Morgan fingerprint density at radius 2 is 0.714 bits per heavy atom. The molecule has 0 atom stereocenters. The zero-order chi connectivity index (χ0) is 0. The number of hydrogen-bond acceptors (Lipinski definition) is 1. The third-order valence-electron chi connectivity index (χ3n) is 0. The summed E-state index contributed by atoms with van der Waals surface area (Å²) in [5.41, 5.74) is 0. The van der Waals surface area contributed by atoms with Crippen molar-refractivity contribution in [2.45, 2.75) is 0 Å². The van der Waals surface area contributed by atoms with Crippen LogP contribution in [0.5, 0.6) is 0 Å². The molecule has 1 radical (unpaired) electrons. The van der Waals surface area contributed by atoms with Gasteiger partial charge in [-0.05, 0) is 0 Å². The molecule has 5 nitrogen and oxygen atoms in total. The van der Waals surface area contributed by atoms with Crippen LogP contribution in [-0.2, 0) is 55.5 Å². The fourth-order valence-corrected chi connectivity index (χ4v) is 0. The van der Waals surface area contributed by atoms with Gasteiger partial charge in [0.25, 0.3) is 0 Å². The van der Waals surface area contributed by atoms with E-state index in [1.54, 1.807) is 0 Å². The van der Waals surface area contributed by atoms with Crippen LogP contribution in [0.1, 0.15) is 0 Å². The van der Waals surface area contributed by atoms with Crippen LogP contribution in [0.2, 0.25) is 0 Å². The van der Waals surface area contributed by atoms with E-state index in [-0.39, 0.29) is 66.5 Å². The molecule has 0 saturated heterocycles. The van der Waals surface area contributed by atoms with E-state index in [2.05, 4.69) is 0 Å². The van der Waals surface area contributed by atoms with Crippen LogP contribution < -0.4 is 0 Å². The average Bonchev–Trinajstić information content (AvgIpc) is 0. The first-order valence-electron chi connectivity index (χ1n) is 0. The maximum atomic E-state index is 0. The van der Waals surface area contributed by atoms with Gasteiger partial charge in [0.15, 0.2) is 0 Å². The summed E-state index contributed by atoms with van der Waals surface area (Å²) >= 11 is 0. The molecule has 0 aliphatic rings. The van der Waals surface area contributed by atoms with Gasteiger partial charge in [0.05, 0.1) is 0 Å². The summed E-state index contributed by atoms with van der Waals surface area (Å²) in [6.07, 6.45) is 0. The van der Waals surface area contributed by atoms with E-state index < -0.39 is 0 Å². The van der Waals surface area contributed by atoms with Crippen molar-refractivity contribution in [3.8, 4) is 0 Å². The molecular weight excluding hydrogens is 180 g/mol. The third-order valence-corrected chi connectivity index (χ3v) is 0. The van der Waals surface area contributed by atoms with Crippen LogP contribution in [0.15, 0.2) is 0 Å². The Morgan fingerprint density at radius 3 is 0.714 bits per heavy atom. The molecule has 3 N–H and O–H groups in total. The standard InChI is InChI=1S/Cr.2H2O.3O.Ti/h;2*1H2;;;;/q+3;;;3*-2;+4/p-1. The summed E-state index contributed by atoms with van der Waals surface area (Å²) in [5, 5.41) is 0. The van der Waals surface area contributed by atoms with Crippen molar-refractivity contribution < 1.29 is 66.5 Å². The normalized spacial score (nSPS) is 0. The number of rotatable bonds is 0. The van der Waals surface area contributed by atoms with Crippen LogP contribution in [0.3, 0.4) is 0 Å². The maximum Gasteiger partial charge on any atom is 4.00 e. The van der Waals surface area contributed by atoms with Gasteiger partial charge in [0, 0.05) is 0 Å². The molecule has 0 saturated carbocycles. The SMILES string of the molecule is O.[Cr+3].[O-2].[O-2].[O-2].[OH-].[Ti+4]. The Bertz CT molecular complexity index is 8.04. The summed E-state index contributed by atoms with van der Waals surface area (Å²) in [7, 11) is 0. The molecule has 7 heteroatoms. The summed E-state index contributed by atoms with van der Waals surface area (Å²) in [6, 6.07) is 0. The van der Waals surface area contributed by atoms with Crippen molar-refractivity contribution in [3.63, 3.8) is 0 Å². The Hall–Kier alpha value is 1.05. The van der Waals surface area contributed by atoms with Crippen LogP contribution in [0.25, 0.3) is 0 Å². The summed E-state index contributed by atoms with van der Waals surface area (Å²) in [5.74, 6) is 0. The summed E-state index contributed by atoms with van der Waals surface area (Å²) in [6.45, 7) is 0. The minimum Gasteiger partial charge on any atom is -2.00 e. The molecule has 0 aliphatic heterocycles. The molecule has 0 bridgehead atoms. The topological polar surface area (TPSA) is 147 Å². The second-order valence-corrected chi connectivity index (χ2v) is 0. The molecule has 0 aliphatic carbocycles. The van der Waals surface area contributed by atoms with Gasteiger partial charge in [-0.25, -0.2) is 0 Å².